The summed E-state index contributed by atoms with van der Waals surface area (Å²) in [5, 5.41) is 15.5. The molecule has 6 aliphatic rings. The molecule has 1 aliphatic carbocycles. The Bertz CT molecular complexity index is 730. The molecule has 4 N–H and O–H groups in total. The van der Waals surface area contributed by atoms with Gasteiger partial charge in [-0.2, -0.15) is 0 Å². The summed E-state index contributed by atoms with van der Waals surface area (Å²) in [6.45, 7) is 0. The number of hydrogen-bond donors (Lipinski definition) is 4. The summed E-state index contributed by atoms with van der Waals surface area (Å²) in [6, 6.07) is 3.32. The molecule has 0 aromatic heterocycles. The Kier molecular flexibility index (Phi) is 3.58. The molecular weight excluding hydrogens is 320 g/mol. The quantitative estimate of drug-likeness (QED) is 0.507. The standard InChI is InChI=1S/C22H30N4/c1-7-20-21-8-6-18(25-21)11-16-3-2-14(23-16)10-15-4-5-17(24-15)12-19-9-13(1)22(20)26-19/h2-5,14-19,23-26H,1,6-12H2. The van der Waals surface area contributed by atoms with Crippen molar-refractivity contribution in [3.63, 3.8) is 0 Å². The third-order valence-electron chi connectivity index (χ3n) is 7.25. The van der Waals surface area contributed by atoms with Crippen molar-refractivity contribution in [2.75, 3.05) is 0 Å². The topological polar surface area (TPSA) is 48.1 Å². The van der Waals surface area contributed by atoms with Gasteiger partial charge < -0.3 is 21.3 Å². The summed E-state index contributed by atoms with van der Waals surface area (Å²) in [5.74, 6) is 0. The molecule has 0 saturated carbocycles. The van der Waals surface area contributed by atoms with Crippen molar-refractivity contribution in [3.8, 4) is 0 Å². The Morgan fingerprint density at radius 1 is 0.692 bits per heavy atom. The smallest absolute Gasteiger partial charge is 0.0385 e. The van der Waals surface area contributed by atoms with Gasteiger partial charge in [0.25, 0.3) is 0 Å². The molecule has 0 amide bonds. The average Bonchev–Trinajstić information content (AvgIpc) is 3.38. The Morgan fingerprint density at radius 2 is 1.38 bits per heavy atom. The molecule has 0 aromatic carbocycles. The molecule has 5 heterocycles. The van der Waals surface area contributed by atoms with Crippen LogP contribution in [0.4, 0.5) is 0 Å². The summed E-state index contributed by atoms with van der Waals surface area (Å²) in [5.41, 5.74) is 6.35. The van der Waals surface area contributed by atoms with E-state index in [1.807, 2.05) is 0 Å². The summed E-state index contributed by atoms with van der Waals surface area (Å²) >= 11 is 0. The third kappa shape index (κ3) is 2.66. The number of fused-ring (bicyclic) bond motifs is 7. The van der Waals surface area contributed by atoms with E-state index in [0.29, 0.717) is 36.3 Å². The zero-order valence-corrected chi connectivity index (χ0v) is 15.4. The Balaban J connectivity index is 1.28. The molecule has 138 valence electrons. The van der Waals surface area contributed by atoms with E-state index in [-0.39, 0.29) is 0 Å². The van der Waals surface area contributed by atoms with Crippen molar-refractivity contribution in [1.82, 2.24) is 21.3 Å². The maximum atomic E-state index is 3.91. The van der Waals surface area contributed by atoms with Gasteiger partial charge >= 0.3 is 0 Å². The summed E-state index contributed by atoms with van der Waals surface area (Å²) in [6.07, 6.45) is 19.5. The fraction of sp³-hybridized carbons (Fsp3) is 0.636. The van der Waals surface area contributed by atoms with Gasteiger partial charge in [-0.25, -0.2) is 0 Å². The van der Waals surface area contributed by atoms with Crippen molar-refractivity contribution in [2.24, 2.45) is 0 Å². The highest BCUT2D eigenvalue weighted by Gasteiger charge is 2.35. The van der Waals surface area contributed by atoms with E-state index in [4.69, 9.17) is 0 Å². The lowest BCUT2D eigenvalue weighted by Gasteiger charge is -2.24. The molecule has 6 unspecified atom stereocenters. The lowest BCUT2D eigenvalue weighted by molar-refractivity contribution is 0.415. The molecule has 5 aliphatic heterocycles. The Labute approximate surface area is 156 Å². The summed E-state index contributed by atoms with van der Waals surface area (Å²) < 4.78 is 0. The van der Waals surface area contributed by atoms with Crippen LogP contribution in [-0.4, -0.2) is 36.3 Å². The van der Waals surface area contributed by atoms with Gasteiger partial charge in [0.15, 0.2) is 0 Å². The Morgan fingerprint density at radius 3 is 2.15 bits per heavy atom. The molecule has 8 bridgehead atoms. The minimum absolute atomic E-state index is 0.515. The van der Waals surface area contributed by atoms with Crippen molar-refractivity contribution in [3.05, 3.63) is 46.8 Å². The molecular formula is C22H30N4. The van der Waals surface area contributed by atoms with E-state index in [9.17, 15) is 0 Å². The van der Waals surface area contributed by atoms with Crippen LogP contribution in [-0.2, 0) is 0 Å². The van der Waals surface area contributed by atoms with Crippen molar-refractivity contribution < 1.29 is 0 Å². The monoisotopic (exact) mass is 350 g/mol. The van der Waals surface area contributed by atoms with Crippen LogP contribution in [0, 0.1) is 0 Å². The zero-order chi connectivity index (χ0) is 17.1. The van der Waals surface area contributed by atoms with Crippen LogP contribution in [0.5, 0.6) is 0 Å². The Hall–Kier alpha value is -1.52. The zero-order valence-electron chi connectivity index (χ0n) is 15.4. The highest BCUT2D eigenvalue weighted by Crippen LogP contribution is 2.41. The minimum Gasteiger partial charge on any atom is -0.385 e. The van der Waals surface area contributed by atoms with E-state index < -0.39 is 0 Å². The first-order valence-corrected chi connectivity index (χ1v) is 10.7. The van der Waals surface area contributed by atoms with E-state index in [0.717, 1.165) is 0 Å². The van der Waals surface area contributed by atoms with E-state index >= 15 is 0 Å². The molecule has 0 aromatic rings. The maximum Gasteiger partial charge on any atom is 0.0385 e. The van der Waals surface area contributed by atoms with Crippen molar-refractivity contribution in [2.45, 2.75) is 87.6 Å². The molecule has 1 fully saturated rings. The lowest BCUT2D eigenvalue weighted by atomic mass is 10.0. The molecule has 1 saturated heterocycles. The highest BCUT2D eigenvalue weighted by atomic mass is 15.1. The van der Waals surface area contributed by atoms with E-state index in [1.54, 1.807) is 11.1 Å². The number of hydrogen-bond acceptors (Lipinski definition) is 4. The van der Waals surface area contributed by atoms with Crippen LogP contribution in [0.3, 0.4) is 0 Å². The first kappa shape index (κ1) is 15.5. The van der Waals surface area contributed by atoms with Crippen LogP contribution < -0.4 is 21.3 Å². The SMILES string of the molecule is C1=CC2CC3CCC(=C4CCC5=C4NC(C5)CC4C=CC(CC1N2)N4)N3. The summed E-state index contributed by atoms with van der Waals surface area (Å²) in [7, 11) is 0. The van der Waals surface area contributed by atoms with Crippen LogP contribution in [0.15, 0.2) is 46.8 Å². The number of allylic oxidation sites excluding steroid dienone is 2. The van der Waals surface area contributed by atoms with Gasteiger partial charge in [-0.3, -0.25) is 0 Å². The highest BCUT2D eigenvalue weighted by molar-refractivity contribution is 5.46. The molecule has 26 heavy (non-hydrogen) atoms. The third-order valence-corrected chi connectivity index (χ3v) is 7.25. The second kappa shape index (κ2) is 6.00. The molecule has 0 radical (unpaired) electrons. The van der Waals surface area contributed by atoms with Gasteiger partial charge in [-0.1, -0.05) is 24.3 Å². The molecule has 6 rings (SSSR count). The second-order valence-electron chi connectivity index (χ2n) is 9.10. The first-order valence-electron chi connectivity index (χ1n) is 10.7. The van der Waals surface area contributed by atoms with Gasteiger partial charge in [0.1, 0.15) is 0 Å². The predicted molar refractivity (Wildman–Crippen MR) is 105 cm³/mol. The normalized spacial score (nSPS) is 43.4. The van der Waals surface area contributed by atoms with E-state index in [1.165, 1.54) is 62.8 Å². The number of nitrogens with one attached hydrogen (secondary N) is 4. The van der Waals surface area contributed by atoms with Crippen LogP contribution in [0.2, 0.25) is 0 Å². The average molecular weight is 351 g/mol. The largest absolute Gasteiger partial charge is 0.385 e. The summed E-state index contributed by atoms with van der Waals surface area (Å²) in [4.78, 5) is 0. The fourth-order valence-electron chi connectivity index (χ4n) is 6.04. The van der Waals surface area contributed by atoms with Crippen molar-refractivity contribution in [1.29, 1.82) is 0 Å². The van der Waals surface area contributed by atoms with Gasteiger partial charge in [0.05, 0.1) is 0 Å². The molecule has 6 atom stereocenters. The van der Waals surface area contributed by atoms with Crippen LogP contribution in [0.1, 0.15) is 51.4 Å². The van der Waals surface area contributed by atoms with E-state index in [2.05, 4.69) is 45.6 Å². The van der Waals surface area contributed by atoms with Gasteiger partial charge in [0, 0.05) is 47.6 Å². The maximum absolute atomic E-state index is 3.91. The molecule has 4 heteroatoms. The lowest BCUT2D eigenvalue weighted by Crippen LogP contribution is -2.41. The van der Waals surface area contributed by atoms with Crippen molar-refractivity contribution >= 4 is 0 Å². The first-order chi connectivity index (χ1) is 12.8. The van der Waals surface area contributed by atoms with Gasteiger partial charge in [-0.05, 0) is 62.5 Å². The number of rotatable bonds is 0. The fourth-order valence-corrected chi connectivity index (χ4v) is 6.04. The van der Waals surface area contributed by atoms with Crippen LogP contribution in [0.25, 0.3) is 0 Å². The second-order valence-corrected chi connectivity index (χ2v) is 9.10. The van der Waals surface area contributed by atoms with Crippen LogP contribution >= 0.6 is 0 Å². The van der Waals surface area contributed by atoms with Gasteiger partial charge in [-0.15, -0.1) is 0 Å². The predicted octanol–water partition coefficient (Wildman–Crippen LogP) is 2.38. The molecule has 4 nitrogen and oxygen atoms in total. The minimum atomic E-state index is 0.515. The molecule has 0 spiro atoms. The van der Waals surface area contributed by atoms with Gasteiger partial charge in [0.2, 0.25) is 0 Å².